The fourth-order valence-corrected chi connectivity index (χ4v) is 4.40. The minimum atomic E-state index is -1.22. The standard InChI is InChI=1S/C23H37N3O4/c1-5-10-17(11-6-2)26-21(15(3)4)25-19(22(26)28)20(27)18(24-23(29)30)14-16-12-8-7-9-13-16/h7-9,12-13,15,17-21,24-25,27H,5-6,10-11,14H2,1-4H3,(H,29,30)/t18-,19-,20+,21?/m0/s1. The summed E-state index contributed by atoms with van der Waals surface area (Å²) in [4.78, 5) is 26.7. The van der Waals surface area contributed by atoms with E-state index >= 15 is 0 Å². The molecule has 1 aliphatic heterocycles. The van der Waals surface area contributed by atoms with Crippen LogP contribution in [0.3, 0.4) is 0 Å². The number of carbonyl (C=O) groups excluding carboxylic acids is 1. The van der Waals surface area contributed by atoms with E-state index in [1.54, 1.807) is 0 Å². The first-order valence-corrected chi connectivity index (χ1v) is 11.1. The Kier molecular flexibility index (Phi) is 9.11. The topological polar surface area (TPSA) is 102 Å². The third-order valence-electron chi connectivity index (χ3n) is 5.80. The summed E-state index contributed by atoms with van der Waals surface area (Å²) in [7, 11) is 0. The van der Waals surface area contributed by atoms with E-state index in [4.69, 9.17) is 0 Å². The number of carbonyl (C=O) groups is 2. The van der Waals surface area contributed by atoms with Crippen molar-refractivity contribution in [3.8, 4) is 0 Å². The van der Waals surface area contributed by atoms with Crippen LogP contribution in [0.25, 0.3) is 0 Å². The second kappa shape index (κ2) is 11.3. The Balaban J connectivity index is 2.27. The number of amides is 2. The summed E-state index contributed by atoms with van der Waals surface area (Å²) in [6.45, 7) is 8.33. The lowest BCUT2D eigenvalue weighted by atomic mass is 9.96. The Morgan fingerprint density at radius 1 is 1.17 bits per heavy atom. The molecule has 2 amide bonds. The summed E-state index contributed by atoms with van der Waals surface area (Å²) in [5.74, 6) is 0.0284. The molecule has 0 aromatic heterocycles. The number of hydrogen-bond donors (Lipinski definition) is 4. The van der Waals surface area contributed by atoms with Crippen LogP contribution in [0, 0.1) is 5.92 Å². The van der Waals surface area contributed by atoms with Gasteiger partial charge in [-0.1, -0.05) is 70.9 Å². The van der Waals surface area contributed by atoms with Crippen LogP contribution < -0.4 is 10.6 Å². The van der Waals surface area contributed by atoms with Gasteiger partial charge in [-0.25, -0.2) is 4.79 Å². The SMILES string of the molecule is CCCC(CCC)N1C(=O)[C@H]([C@H](O)[C@H](Cc2ccccc2)NC(=O)O)NC1C(C)C. The van der Waals surface area contributed by atoms with E-state index in [2.05, 4.69) is 38.3 Å². The normalized spacial score (nSPS) is 21.3. The van der Waals surface area contributed by atoms with Crippen molar-refractivity contribution in [2.45, 2.75) is 90.2 Å². The molecule has 1 fully saturated rings. The summed E-state index contributed by atoms with van der Waals surface area (Å²) in [5.41, 5.74) is 0.896. The minimum Gasteiger partial charge on any atom is -0.465 e. The van der Waals surface area contributed by atoms with Crippen LogP contribution >= 0.6 is 0 Å². The quantitative estimate of drug-likeness (QED) is 0.442. The predicted molar refractivity (Wildman–Crippen MR) is 117 cm³/mol. The summed E-state index contributed by atoms with van der Waals surface area (Å²) in [5, 5.41) is 26.2. The monoisotopic (exact) mass is 419 g/mol. The number of hydrogen-bond acceptors (Lipinski definition) is 4. The molecule has 0 bridgehead atoms. The highest BCUT2D eigenvalue weighted by Gasteiger charge is 2.47. The van der Waals surface area contributed by atoms with Crippen LogP contribution in [0.1, 0.15) is 58.9 Å². The fourth-order valence-electron chi connectivity index (χ4n) is 4.40. The number of benzene rings is 1. The number of carboxylic acid groups (broad SMARTS) is 1. The molecule has 2 rings (SSSR count). The zero-order valence-corrected chi connectivity index (χ0v) is 18.5. The van der Waals surface area contributed by atoms with E-state index in [0.29, 0.717) is 6.42 Å². The van der Waals surface area contributed by atoms with Crippen molar-refractivity contribution in [2.24, 2.45) is 5.92 Å². The smallest absolute Gasteiger partial charge is 0.404 e. The van der Waals surface area contributed by atoms with Crippen LogP contribution in [0.5, 0.6) is 0 Å². The van der Waals surface area contributed by atoms with Crippen LogP contribution in [-0.4, -0.2) is 57.5 Å². The van der Waals surface area contributed by atoms with E-state index < -0.39 is 24.3 Å². The molecule has 30 heavy (non-hydrogen) atoms. The molecule has 0 aliphatic carbocycles. The second-order valence-electron chi connectivity index (χ2n) is 8.55. The minimum absolute atomic E-state index is 0.115. The first-order valence-electron chi connectivity index (χ1n) is 11.1. The molecular weight excluding hydrogens is 382 g/mol. The molecule has 4 N–H and O–H groups in total. The highest BCUT2D eigenvalue weighted by Crippen LogP contribution is 2.27. The molecule has 4 atom stereocenters. The van der Waals surface area contributed by atoms with Gasteiger partial charge < -0.3 is 20.4 Å². The molecule has 1 heterocycles. The van der Waals surface area contributed by atoms with E-state index in [0.717, 1.165) is 31.2 Å². The molecule has 1 saturated heterocycles. The van der Waals surface area contributed by atoms with Crippen molar-refractivity contribution in [3.63, 3.8) is 0 Å². The van der Waals surface area contributed by atoms with Gasteiger partial charge in [0.25, 0.3) is 0 Å². The Morgan fingerprint density at radius 2 is 1.77 bits per heavy atom. The molecule has 1 aromatic rings. The van der Waals surface area contributed by atoms with Crippen LogP contribution in [-0.2, 0) is 11.2 Å². The zero-order valence-electron chi connectivity index (χ0n) is 18.5. The number of rotatable bonds is 11. The van der Waals surface area contributed by atoms with Crippen LogP contribution in [0.15, 0.2) is 30.3 Å². The van der Waals surface area contributed by atoms with Crippen molar-refractivity contribution in [1.82, 2.24) is 15.5 Å². The van der Waals surface area contributed by atoms with Crippen molar-refractivity contribution < 1.29 is 19.8 Å². The van der Waals surface area contributed by atoms with Crippen LogP contribution in [0.2, 0.25) is 0 Å². The Labute approximate surface area is 179 Å². The highest BCUT2D eigenvalue weighted by atomic mass is 16.4. The fraction of sp³-hybridized carbons (Fsp3) is 0.652. The van der Waals surface area contributed by atoms with Crippen molar-refractivity contribution in [1.29, 1.82) is 0 Å². The molecule has 7 nitrogen and oxygen atoms in total. The Bertz CT molecular complexity index is 676. The number of nitrogens with zero attached hydrogens (tertiary/aromatic N) is 1. The summed E-state index contributed by atoms with van der Waals surface area (Å²) in [6, 6.07) is 7.87. The van der Waals surface area contributed by atoms with Crippen molar-refractivity contribution >= 4 is 12.0 Å². The molecule has 168 valence electrons. The first-order chi connectivity index (χ1) is 14.3. The summed E-state index contributed by atoms with van der Waals surface area (Å²) >= 11 is 0. The first kappa shape index (κ1) is 24.2. The summed E-state index contributed by atoms with van der Waals surface area (Å²) < 4.78 is 0. The maximum atomic E-state index is 13.4. The van der Waals surface area contributed by atoms with E-state index in [9.17, 15) is 19.8 Å². The summed E-state index contributed by atoms with van der Waals surface area (Å²) in [6.07, 6.45) is 1.51. The Morgan fingerprint density at radius 3 is 2.27 bits per heavy atom. The highest BCUT2D eigenvalue weighted by molar-refractivity contribution is 5.85. The number of aliphatic hydroxyl groups excluding tert-OH is 1. The van der Waals surface area contributed by atoms with Gasteiger partial charge in [0, 0.05) is 6.04 Å². The molecule has 0 saturated carbocycles. The lowest BCUT2D eigenvalue weighted by molar-refractivity contribution is -0.135. The van der Waals surface area contributed by atoms with Gasteiger partial charge in [0.1, 0.15) is 6.04 Å². The van der Waals surface area contributed by atoms with Gasteiger partial charge in [0.05, 0.1) is 18.3 Å². The molecule has 1 unspecified atom stereocenters. The van der Waals surface area contributed by atoms with Gasteiger partial charge >= 0.3 is 6.09 Å². The zero-order chi connectivity index (χ0) is 22.3. The van der Waals surface area contributed by atoms with Gasteiger partial charge in [-0.15, -0.1) is 0 Å². The molecule has 1 aromatic carbocycles. The van der Waals surface area contributed by atoms with E-state index in [-0.39, 0.29) is 24.0 Å². The second-order valence-corrected chi connectivity index (χ2v) is 8.55. The third kappa shape index (κ3) is 5.95. The molecular formula is C23H37N3O4. The number of aliphatic hydroxyl groups is 1. The maximum absolute atomic E-state index is 13.4. The molecule has 7 heteroatoms. The third-order valence-corrected chi connectivity index (χ3v) is 5.80. The Hall–Kier alpha value is -2.12. The van der Waals surface area contributed by atoms with Gasteiger partial charge in [-0.3, -0.25) is 10.1 Å². The average Bonchev–Trinajstić information content (AvgIpc) is 3.04. The largest absolute Gasteiger partial charge is 0.465 e. The maximum Gasteiger partial charge on any atom is 0.404 e. The van der Waals surface area contributed by atoms with Gasteiger partial charge in [-0.05, 0) is 30.7 Å². The van der Waals surface area contributed by atoms with Gasteiger partial charge in [0.2, 0.25) is 5.91 Å². The van der Waals surface area contributed by atoms with Crippen LogP contribution in [0.4, 0.5) is 4.79 Å². The molecule has 1 aliphatic rings. The lowest BCUT2D eigenvalue weighted by Crippen LogP contribution is -2.55. The average molecular weight is 420 g/mol. The predicted octanol–water partition coefficient (Wildman–Crippen LogP) is 2.98. The van der Waals surface area contributed by atoms with Crippen molar-refractivity contribution in [2.75, 3.05) is 0 Å². The van der Waals surface area contributed by atoms with E-state index in [1.165, 1.54) is 0 Å². The van der Waals surface area contributed by atoms with Gasteiger partial charge in [-0.2, -0.15) is 0 Å². The molecule has 0 radical (unpaired) electrons. The molecule has 0 spiro atoms. The van der Waals surface area contributed by atoms with E-state index in [1.807, 2.05) is 35.2 Å². The van der Waals surface area contributed by atoms with Gasteiger partial charge in [0.15, 0.2) is 0 Å². The lowest BCUT2D eigenvalue weighted by Gasteiger charge is -2.34. The van der Waals surface area contributed by atoms with Crippen molar-refractivity contribution in [3.05, 3.63) is 35.9 Å². The number of nitrogens with one attached hydrogen (secondary N) is 2.